The Labute approximate surface area is 106 Å². The van der Waals surface area contributed by atoms with Crippen molar-refractivity contribution < 1.29 is 0 Å². The van der Waals surface area contributed by atoms with Gasteiger partial charge in [-0.2, -0.15) is 9.61 Å². The van der Waals surface area contributed by atoms with E-state index in [-0.39, 0.29) is 0 Å². The first kappa shape index (κ1) is 11.6. The molecule has 0 radical (unpaired) electrons. The Balaban J connectivity index is 1.95. The zero-order valence-electron chi connectivity index (χ0n) is 10.5. The van der Waals surface area contributed by atoms with Gasteiger partial charge < -0.3 is 5.73 Å². The van der Waals surface area contributed by atoms with E-state index < -0.39 is 0 Å². The SMILES string of the molecule is NCCc1nnc2ccc(C3CCCCC3)nn12. The van der Waals surface area contributed by atoms with Gasteiger partial charge in [0.15, 0.2) is 11.5 Å². The van der Waals surface area contributed by atoms with E-state index >= 15 is 0 Å². The Bertz CT molecular complexity index is 527. The minimum atomic E-state index is 0.579. The van der Waals surface area contributed by atoms with Gasteiger partial charge in [0, 0.05) is 12.3 Å². The molecule has 0 spiro atoms. The van der Waals surface area contributed by atoms with E-state index in [1.807, 2.05) is 10.6 Å². The van der Waals surface area contributed by atoms with Gasteiger partial charge in [-0.3, -0.25) is 0 Å². The van der Waals surface area contributed by atoms with E-state index in [0.717, 1.165) is 17.9 Å². The highest BCUT2D eigenvalue weighted by Gasteiger charge is 2.18. The maximum Gasteiger partial charge on any atom is 0.177 e. The van der Waals surface area contributed by atoms with E-state index in [0.29, 0.717) is 12.5 Å². The second kappa shape index (κ2) is 5.02. The highest BCUT2D eigenvalue weighted by molar-refractivity contribution is 5.36. The summed E-state index contributed by atoms with van der Waals surface area (Å²) in [5.74, 6) is 1.47. The minimum absolute atomic E-state index is 0.579. The van der Waals surface area contributed by atoms with Crippen LogP contribution in [0.25, 0.3) is 5.65 Å². The second-order valence-electron chi connectivity index (χ2n) is 5.02. The summed E-state index contributed by atoms with van der Waals surface area (Å²) in [6, 6.07) is 4.12. The third kappa shape index (κ3) is 2.10. The van der Waals surface area contributed by atoms with Crippen molar-refractivity contribution in [2.24, 2.45) is 5.73 Å². The lowest BCUT2D eigenvalue weighted by Gasteiger charge is -2.20. The smallest absolute Gasteiger partial charge is 0.177 e. The lowest BCUT2D eigenvalue weighted by Crippen LogP contribution is -2.11. The van der Waals surface area contributed by atoms with Crippen molar-refractivity contribution in [1.82, 2.24) is 19.8 Å². The number of rotatable bonds is 3. The fraction of sp³-hybridized carbons (Fsp3) is 0.615. The summed E-state index contributed by atoms with van der Waals surface area (Å²) in [6.45, 7) is 0.579. The van der Waals surface area contributed by atoms with Crippen LogP contribution in [0, 0.1) is 0 Å². The maximum atomic E-state index is 5.58. The maximum absolute atomic E-state index is 5.58. The minimum Gasteiger partial charge on any atom is -0.330 e. The van der Waals surface area contributed by atoms with Gasteiger partial charge in [0.1, 0.15) is 0 Å². The third-order valence-electron chi connectivity index (χ3n) is 3.74. The molecule has 1 saturated carbocycles. The first-order valence-corrected chi connectivity index (χ1v) is 6.80. The van der Waals surface area contributed by atoms with Crippen molar-refractivity contribution in [3.05, 3.63) is 23.7 Å². The molecule has 0 bridgehead atoms. The van der Waals surface area contributed by atoms with E-state index in [1.165, 1.54) is 37.8 Å². The van der Waals surface area contributed by atoms with Gasteiger partial charge in [-0.25, -0.2) is 0 Å². The second-order valence-corrected chi connectivity index (χ2v) is 5.02. The number of aromatic nitrogens is 4. The van der Waals surface area contributed by atoms with Gasteiger partial charge in [0.25, 0.3) is 0 Å². The number of nitrogens with two attached hydrogens (primary N) is 1. The molecule has 1 aliphatic rings. The van der Waals surface area contributed by atoms with Crippen LogP contribution in [0.3, 0.4) is 0 Å². The molecule has 0 saturated heterocycles. The summed E-state index contributed by atoms with van der Waals surface area (Å²) < 4.78 is 1.86. The van der Waals surface area contributed by atoms with Gasteiger partial charge in [-0.05, 0) is 31.5 Å². The lowest BCUT2D eigenvalue weighted by atomic mass is 9.87. The van der Waals surface area contributed by atoms with Gasteiger partial charge in [0.2, 0.25) is 0 Å². The van der Waals surface area contributed by atoms with Crippen LogP contribution >= 0.6 is 0 Å². The Morgan fingerprint density at radius 2 is 2.00 bits per heavy atom. The quantitative estimate of drug-likeness (QED) is 0.893. The average Bonchev–Trinajstić information content (AvgIpc) is 2.83. The monoisotopic (exact) mass is 245 g/mol. The van der Waals surface area contributed by atoms with Crippen LogP contribution in [-0.4, -0.2) is 26.4 Å². The number of hydrogen-bond acceptors (Lipinski definition) is 4. The van der Waals surface area contributed by atoms with Crippen LogP contribution in [0.4, 0.5) is 0 Å². The third-order valence-corrected chi connectivity index (χ3v) is 3.74. The molecule has 1 aliphatic carbocycles. The molecule has 0 amide bonds. The standard InChI is InChI=1S/C13H19N5/c14-9-8-13-16-15-12-7-6-11(17-18(12)13)10-4-2-1-3-5-10/h6-7,10H,1-5,8-9,14H2. The van der Waals surface area contributed by atoms with Crippen molar-refractivity contribution in [1.29, 1.82) is 0 Å². The zero-order chi connectivity index (χ0) is 12.4. The predicted octanol–water partition coefficient (Wildman–Crippen LogP) is 1.67. The summed E-state index contributed by atoms with van der Waals surface area (Å²) in [4.78, 5) is 0. The summed E-state index contributed by atoms with van der Waals surface area (Å²) in [7, 11) is 0. The summed E-state index contributed by atoms with van der Waals surface area (Å²) in [5.41, 5.74) is 7.58. The fourth-order valence-corrected chi connectivity index (χ4v) is 2.75. The first-order valence-electron chi connectivity index (χ1n) is 6.80. The van der Waals surface area contributed by atoms with Gasteiger partial charge in [-0.1, -0.05) is 19.3 Å². The molecule has 0 aliphatic heterocycles. The van der Waals surface area contributed by atoms with Crippen LogP contribution in [-0.2, 0) is 6.42 Å². The topological polar surface area (TPSA) is 69.1 Å². The molecule has 1 fully saturated rings. The Hall–Kier alpha value is -1.49. The average molecular weight is 245 g/mol. The number of fused-ring (bicyclic) bond motifs is 1. The lowest BCUT2D eigenvalue weighted by molar-refractivity contribution is 0.432. The number of nitrogens with zero attached hydrogens (tertiary/aromatic N) is 4. The molecule has 0 unspecified atom stereocenters. The largest absolute Gasteiger partial charge is 0.330 e. The Morgan fingerprint density at radius 1 is 1.17 bits per heavy atom. The number of hydrogen-bond donors (Lipinski definition) is 1. The molecule has 2 heterocycles. The summed E-state index contributed by atoms with van der Waals surface area (Å²) in [5, 5.41) is 13.0. The van der Waals surface area contributed by atoms with Crippen LogP contribution in [0.1, 0.15) is 49.5 Å². The van der Waals surface area contributed by atoms with Crippen molar-refractivity contribution in [3.63, 3.8) is 0 Å². The van der Waals surface area contributed by atoms with Crippen molar-refractivity contribution >= 4 is 5.65 Å². The highest BCUT2D eigenvalue weighted by Crippen LogP contribution is 2.31. The zero-order valence-corrected chi connectivity index (χ0v) is 10.5. The van der Waals surface area contributed by atoms with Crippen molar-refractivity contribution in [2.75, 3.05) is 6.54 Å². The van der Waals surface area contributed by atoms with Crippen LogP contribution in [0.15, 0.2) is 12.1 Å². The Morgan fingerprint density at radius 3 is 2.78 bits per heavy atom. The molecular weight excluding hydrogens is 226 g/mol. The molecule has 96 valence electrons. The molecular formula is C13H19N5. The van der Waals surface area contributed by atoms with Gasteiger partial charge >= 0.3 is 0 Å². The van der Waals surface area contributed by atoms with E-state index in [9.17, 15) is 0 Å². The molecule has 3 rings (SSSR count). The van der Waals surface area contributed by atoms with Crippen molar-refractivity contribution in [2.45, 2.75) is 44.4 Å². The van der Waals surface area contributed by atoms with Gasteiger partial charge in [0.05, 0.1) is 5.69 Å². The molecule has 5 nitrogen and oxygen atoms in total. The van der Waals surface area contributed by atoms with E-state index in [4.69, 9.17) is 10.8 Å². The first-order chi connectivity index (χ1) is 8.88. The van der Waals surface area contributed by atoms with Gasteiger partial charge in [-0.15, -0.1) is 10.2 Å². The molecule has 0 aromatic carbocycles. The molecule has 2 N–H and O–H groups in total. The van der Waals surface area contributed by atoms with Crippen molar-refractivity contribution in [3.8, 4) is 0 Å². The summed E-state index contributed by atoms with van der Waals surface area (Å²) >= 11 is 0. The normalized spacial score (nSPS) is 17.4. The van der Waals surface area contributed by atoms with Crippen LogP contribution in [0.2, 0.25) is 0 Å². The van der Waals surface area contributed by atoms with Crippen LogP contribution in [0.5, 0.6) is 0 Å². The highest BCUT2D eigenvalue weighted by atomic mass is 15.4. The molecule has 2 aromatic heterocycles. The molecule has 18 heavy (non-hydrogen) atoms. The molecule has 0 atom stereocenters. The molecule has 2 aromatic rings. The van der Waals surface area contributed by atoms with E-state index in [2.05, 4.69) is 16.3 Å². The van der Waals surface area contributed by atoms with Crippen LogP contribution < -0.4 is 5.73 Å². The predicted molar refractivity (Wildman–Crippen MR) is 69.4 cm³/mol. The molecule has 5 heteroatoms. The fourth-order valence-electron chi connectivity index (χ4n) is 2.75. The van der Waals surface area contributed by atoms with E-state index in [1.54, 1.807) is 0 Å². The Kier molecular flexibility index (Phi) is 3.23. The summed E-state index contributed by atoms with van der Waals surface area (Å²) in [6.07, 6.45) is 7.25.